The van der Waals surface area contributed by atoms with E-state index in [1.54, 1.807) is 46.5 Å². The zero-order valence-corrected chi connectivity index (χ0v) is 18.6. The molecule has 9 nitrogen and oxygen atoms in total. The van der Waals surface area contributed by atoms with E-state index in [4.69, 9.17) is 14.2 Å². The average molecular weight is 448 g/mol. The summed E-state index contributed by atoms with van der Waals surface area (Å²) in [4.78, 5) is 10.4. The zero-order chi connectivity index (χ0) is 22.8. The minimum absolute atomic E-state index is 0.0573. The lowest BCUT2D eigenvalue weighted by Crippen LogP contribution is -2.35. The maximum atomic E-state index is 13.2. The number of aryl methyl sites for hydroxylation is 1. The van der Waals surface area contributed by atoms with Crippen LogP contribution in [0.5, 0.6) is 17.2 Å². The van der Waals surface area contributed by atoms with Crippen LogP contribution in [0.1, 0.15) is 17.5 Å². The Hall–Kier alpha value is -3.11. The molecular formula is C21H24N2O7S. The van der Waals surface area contributed by atoms with Gasteiger partial charge in [0.2, 0.25) is 10.0 Å². The normalized spacial score (nSPS) is 14.6. The number of hydrogen-bond donors (Lipinski definition) is 0. The Morgan fingerprint density at radius 3 is 2.16 bits per heavy atom. The summed E-state index contributed by atoms with van der Waals surface area (Å²) in [6.45, 7) is 1.96. The summed E-state index contributed by atoms with van der Waals surface area (Å²) < 4.78 is 43.9. The van der Waals surface area contributed by atoms with E-state index >= 15 is 0 Å². The second-order valence-corrected chi connectivity index (χ2v) is 8.86. The molecule has 0 radical (unpaired) electrons. The van der Waals surface area contributed by atoms with Gasteiger partial charge in [-0.1, -0.05) is 12.1 Å². The van der Waals surface area contributed by atoms with E-state index in [2.05, 4.69) is 0 Å². The number of nitro groups is 1. The van der Waals surface area contributed by atoms with Gasteiger partial charge in [-0.15, -0.1) is 0 Å². The number of ether oxygens (including phenoxy) is 3. The first-order valence-electron chi connectivity index (χ1n) is 9.47. The molecule has 31 heavy (non-hydrogen) atoms. The van der Waals surface area contributed by atoms with Crippen molar-refractivity contribution in [3.8, 4) is 17.2 Å². The number of methoxy groups -OCH3 is 3. The number of nitrogens with zero attached hydrogens (tertiary/aromatic N) is 2. The van der Waals surface area contributed by atoms with E-state index in [9.17, 15) is 18.5 Å². The molecule has 2 aromatic rings. The Morgan fingerprint density at radius 2 is 1.68 bits per heavy atom. The van der Waals surface area contributed by atoms with Crippen molar-refractivity contribution in [1.82, 2.24) is 4.31 Å². The zero-order valence-electron chi connectivity index (χ0n) is 17.7. The molecule has 0 aliphatic carbocycles. The molecule has 1 aliphatic rings. The van der Waals surface area contributed by atoms with Gasteiger partial charge in [0.05, 0.1) is 36.7 Å². The van der Waals surface area contributed by atoms with Gasteiger partial charge < -0.3 is 14.2 Å². The van der Waals surface area contributed by atoms with E-state index in [0.717, 1.165) is 17.2 Å². The summed E-state index contributed by atoms with van der Waals surface area (Å²) in [7, 11) is 0.743. The molecule has 10 heteroatoms. The maximum absolute atomic E-state index is 13.2. The van der Waals surface area contributed by atoms with Gasteiger partial charge in [0.1, 0.15) is 17.2 Å². The molecule has 0 spiro atoms. The van der Waals surface area contributed by atoms with Gasteiger partial charge in [0.15, 0.2) is 0 Å². The van der Waals surface area contributed by atoms with Crippen molar-refractivity contribution in [2.24, 2.45) is 0 Å². The Morgan fingerprint density at radius 1 is 1.03 bits per heavy atom. The number of non-ortho nitro benzene ring substituents is 1. The van der Waals surface area contributed by atoms with E-state index in [-0.39, 0.29) is 23.7 Å². The highest BCUT2D eigenvalue weighted by atomic mass is 32.2. The van der Waals surface area contributed by atoms with Crippen LogP contribution in [0.25, 0.3) is 5.57 Å². The van der Waals surface area contributed by atoms with E-state index in [1.165, 1.54) is 16.4 Å². The molecule has 0 saturated heterocycles. The van der Waals surface area contributed by atoms with Gasteiger partial charge in [0.25, 0.3) is 5.69 Å². The minimum atomic E-state index is -3.89. The maximum Gasteiger partial charge on any atom is 0.270 e. The summed E-state index contributed by atoms with van der Waals surface area (Å²) in [5.41, 5.74) is 1.83. The van der Waals surface area contributed by atoms with Crippen LogP contribution < -0.4 is 14.2 Å². The Balaban J connectivity index is 1.95. The average Bonchev–Trinajstić information content (AvgIpc) is 2.78. The Kier molecular flexibility index (Phi) is 6.51. The summed E-state index contributed by atoms with van der Waals surface area (Å²) in [5.74, 6) is 1.71. The number of benzene rings is 2. The lowest BCUT2D eigenvalue weighted by molar-refractivity contribution is -0.385. The highest BCUT2D eigenvalue weighted by Crippen LogP contribution is 2.41. The lowest BCUT2D eigenvalue weighted by atomic mass is 9.98. The summed E-state index contributed by atoms with van der Waals surface area (Å²) in [6.07, 6.45) is 2.23. The summed E-state index contributed by atoms with van der Waals surface area (Å²) in [6, 6.07) is 7.34. The van der Waals surface area contributed by atoms with Gasteiger partial charge in [-0.05, 0) is 24.5 Å². The molecule has 3 rings (SSSR count). The molecule has 0 bridgehead atoms. The van der Waals surface area contributed by atoms with Gasteiger partial charge >= 0.3 is 0 Å². The van der Waals surface area contributed by atoms with Crippen molar-refractivity contribution >= 4 is 21.3 Å². The fraction of sp³-hybridized carbons (Fsp3) is 0.333. The van der Waals surface area contributed by atoms with Crippen molar-refractivity contribution < 1.29 is 27.6 Å². The number of sulfonamides is 1. The first-order chi connectivity index (χ1) is 14.7. The highest BCUT2D eigenvalue weighted by Gasteiger charge is 2.30. The first kappa shape index (κ1) is 22.6. The smallest absolute Gasteiger partial charge is 0.270 e. The van der Waals surface area contributed by atoms with Crippen molar-refractivity contribution in [2.45, 2.75) is 18.2 Å². The highest BCUT2D eigenvalue weighted by molar-refractivity contribution is 7.89. The molecule has 0 aromatic heterocycles. The molecule has 2 aromatic carbocycles. The number of hydrogen-bond acceptors (Lipinski definition) is 7. The third-order valence-electron chi connectivity index (χ3n) is 5.21. The third kappa shape index (κ3) is 4.35. The standard InChI is InChI=1S/C21H24N2O7S/c1-14-5-6-16(23(24)25)11-20(14)31(26,27)22-9-7-15(8-10-22)21-18(29-3)12-17(28-2)13-19(21)30-4/h5-7,11-13H,8-10H2,1-4H3. The fourth-order valence-corrected chi connectivity index (χ4v) is 5.16. The van der Waals surface area contributed by atoms with Crippen LogP contribution in [-0.2, 0) is 10.0 Å². The van der Waals surface area contributed by atoms with E-state index < -0.39 is 14.9 Å². The van der Waals surface area contributed by atoms with Gasteiger partial charge in [-0.3, -0.25) is 10.1 Å². The monoisotopic (exact) mass is 448 g/mol. The molecule has 166 valence electrons. The SMILES string of the molecule is COc1cc(OC)c(C2=CCN(S(=O)(=O)c3cc([N+](=O)[O-])ccc3C)CC2)c(OC)c1. The predicted octanol–water partition coefficient (Wildman–Crippen LogP) is 3.41. The topological polar surface area (TPSA) is 108 Å². The Bertz CT molecular complexity index is 1120. The van der Waals surface area contributed by atoms with Crippen LogP contribution in [0, 0.1) is 17.0 Å². The molecule has 0 N–H and O–H groups in total. The second-order valence-electron chi connectivity index (χ2n) is 6.96. The molecule has 0 atom stereocenters. The van der Waals surface area contributed by atoms with Crippen molar-refractivity contribution in [2.75, 3.05) is 34.4 Å². The molecule has 1 aliphatic heterocycles. The Labute approximate surface area is 181 Å². The number of rotatable bonds is 7. The van der Waals surface area contributed by atoms with Gasteiger partial charge in [-0.2, -0.15) is 4.31 Å². The molecular weight excluding hydrogens is 424 g/mol. The van der Waals surface area contributed by atoms with E-state index in [1.807, 2.05) is 0 Å². The predicted molar refractivity (Wildman–Crippen MR) is 115 cm³/mol. The number of nitro benzene ring substituents is 1. The van der Waals surface area contributed by atoms with Crippen LogP contribution in [0.2, 0.25) is 0 Å². The summed E-state index contributed by atoms with van der Waals surface area (Å²) in [5, 5.41) is 11.1. The molecule has 0 saturated carbocycles. The third-order valence-corrected chi connectivity index (χ3v) is 7.22. The van der Waals surface area contributed by atoms with Crippen LogP contribution in [0.3, 0.4) is 0 Å². The van der Waals surface area contributed by atoms with Crippen molar-refractivity contribution in [3.63, 3.8) is 0 Å². The summed E-state index contributed by atoms with van der Waals surface area (Å²) >= 11 is 0. The van der Waals surface area contributed by atoms with Crippen LogP contribution in [0.15, 0.2) is 41.3 Å². The largest absolute Gasteiger partial charge is 0.496 e. The van der Waals surface area contributed by atoms with Gasteiger partial charge in [0, 0.05) is 37.4 Å². The molecule has 0 unspecified atom stereocenters. The fourth-order valence-electron chi connectivity index (χ4n) is 3.54. The molecule has 1 heterocycles. The molecule has 0 fully saturated rings. The minimum Gasteiger partial charge on any atom is -0.496 e. The van der Waals surface area contributed by atoms with Crippen molar-refractivity contribution in [1.29, 1.82) is 0 Å². The second kappa shape index (κ2) is 8.94. The van der Waals surface area contributed by atoms with Crippen LogP contribution in [-0.4, -0.2) is 52.1 Å². The van der Waals surface area contributed by atoms with Crippen LogP contribution in [0.4, 0.5) is 5.69 Å². The molecule has 0 amide bonds. The lowest BCUT2D eigenvalue weighted by Gasteiger charge is -2.27. The first-order valence-corrected chi connectivity index (χ1v) is 10.9. The van der Waals surface area contributed by atoms with E-state index in [0.29, 0.717) is 29.2 Å². The van der Waals surface area contributed by atoms with Crippen LogP contribution >= 0.6 is 0 Å². The van der Waals surface area contributed by atoms with Crippen molar-refractivity contribution in [3.05, 3.63) is 57.6 Å². The van der Waals surface area contributed by atoms with Gasteiger partial charge in [-0.25, -0.2) is 8.42 Å². The quantitative estimate of drug-likeness (QED) is 0.472.